The molecule has 0 aromatic heterocycles. The monoisotopic (exact) mass is 540 g/mol. The van der Waals surface area contributed by atoms with Gasteiger partial charge in [0.1, 0.15) is 10.5 Å². The van der Waals surface area contributed by atoms with Gasteiger partial charge in [0.25, 0.3) is 5.91 Å². The van der Waals surface area contributed by atoms with Crippen LogP contribution in [0.2, 0.25) is 15.1 Å². The van der Waals surface area contributed by atoms with E-state index in [1.54, 1.807) is 18.7 Å². The second-order valence-electron chi connectivity index (χ2n) is 9.88. The third kappa shape index (κ3) is 6.22. The SMILES string of the molecule is CC1(C)OC[C@H](C(=O)N2CCC([C@@H](N[S+]([O-])C(C)(C)C)c3c(O)cc(Cl)c(Cl)c3Cl)CC2)O1. The molecule has 1 amide bonds. The van der Waals surface area contributed by atoms with Gasteiger partial charge in [0.15, 0.2) is 11.9 Å². The molecule has 0 saturated carbocycles. The van der Waals surface area contributed by atoms with Gasteiger partial charge in [-0.15, -0.1) is 4.72 Å². The van der Waals surface area contributed by atoms with Gasteiger partial charge in [0.2, 0.25) is 0 Å². The molecule has 2 aliphatic rings. The fourth-order valence-electron chi connectivity index (χ4n) is 4.04. The van der Waals surface area contributed by atoms with Crippen molar-refractivity contribution < 1.29 is 23.9 Å². The average molecular weight is 542 g/mol. The van der Waals surface area contributed by atoms with Gasteiger partial charge in [-0.2, -0.15) is 0 Å². The van der Waals surface area contributed by atoms with E-state index in [0.29, 0.717) is 31.5 Å². The number of carbonyl (C=O) groups excluding carboxylic acids is 1. The number of hydrogen-bond acceptors (Lipinski definition) is 6. The number of nitrogens with zero attached hydrogens (tertiary/aromatic N) is 1. The summed E-state index contributed by atoms with van der Waals surface area (Å²) >= 11 is 17.4. The lowest BCUT2D eigenvalue weighted by Crippen LogP contribution is -2.48. The number of rotatable bonds is 5. The number of phenolic OH excluding ortho intramolecular Hbond substituents is 1. The van der Waals surface area contributed by atoms with Gasteiger partial charge in [-0.3, -0.25) is 4.79 Å². The summed E-state index contributed by atoms with van der Waals surface area (Å²) in [6, 6.07) is 0.798. The number of amides is 1. The molecule has 1 aromatic carbocycles. The van der Waals surface area contributed by atoms with Crippen LogP contribution in [0.3, 0.4) is 0 Å². The lowest BCUT2D eigenvalue weighted by atomic mass is 9.85. The number of likely N-dealkylation sites (tertiary alicyclic amines) is 1. The van der Waals surface area contributed by atoms with Crippen LogP contribution in [0.25, 0.3) is 0 Å². The fraction of sp³-hybridized carbons (Fsp3) is 0.682. The van der Waals surface area contributed by atoms with Gasteiger partial charge in [0.05, 0.1) is 27.7 Å². The van der Waals surface area contributed by atoms with E-state index >= 15 is 0 Å². The molecular formula is C22H31Cl3N2O5S. The minimum Gasteiger partial charge on any atom is -0.598 e. The Labute approximate surface area is 213 Å². The largest absolute Gasteiger partial charge is 0.598 e. The molecule has 33 heavy (non-hydrogen) atoms. The molecule has 1 unspecified atom stereocenters. The Hall–Kier alpha value is -0.450. The maximum absolute atomic E-state index is 13.0. The first kappa shape index (κ1) is 27.1. The summed E-state index contributed by atoms with van der Waals surface area (Å²) in [5.74, 6) is -1.04. The molecule has 2 fully saturated rings. The van der Waals surface area contributed by atoms with E-state index in [1.165, 1.54) is 6.07 Å². The molecule has 0 aliphatic carbocycles. The smallest absolute Gasteiger partial charge is 0.254 e. The molecular weight excluding hydrogens is 511 g/mol. The van der Waals surface area contributed by atoms with Crippen molar-refractivity contribution in [2.75, 3.05) is 19.7 Å². The van der Waals surface area contributed by atoms with E-state index in [2.05, 4.69) is 4.72 Å². The number of halogens is 3. The molecule has 186 valence electrons. The summed E-state index contributed by atoms with van der Waals surface area (Å²) in [6.45, 7) is 10.3. The van der Waals surface area contributed by atoms with E-state index in [4.69, 9.17) is 44.3 Å². The lowest BCUT2D eigenvalue weighted by molar-refractivity contribution is -0.161. The third-order valence-electron chi connectivity index (χ3n) is 5.89. The van der Waals surface area contributed by atoms with E-state index < -0.39 is 34.0 Å². The van der Waals surface area contributed by atoms with Gasteiger partial charge in [-0.25, -0.2) is 0 Å². The van der Waals surface area contributed by atoms with Crippen LogP contribution in [-0.4, -0.2) is 56.8 Å². The number of phenols is 1. The summed E-state index contributed by atoms with van der Waals surface area (Å²) in [5, 5.41) is 11.1. The van der Waals surface area contributed by atoms with Crippen LogP contribution in [0.5, 0.6) is 5.75 Å². The molecule has 2 heterocycles. The third-order valence-corrected chi connectivity index (χ3v) is 8.74. The van der Waals surface area contributed by atoms with Gasteiger partial charge in [-0.1, -0.05) is 34.8 Å². The lowest BCUT2D eigenvalue weighted by Gasteiger charge is -2.38. The minimum absolute atomic E-state index is 0.0572. The van der Waals surface area contributed by atoms with Crippen LogP contribution >= 0.6 is 34.8 Å². The number of benzene rings is 1. The maximum atomic E-state index is 13.0. The van der Waals surface area contributed by atoms with Gasteiger partial charge in [-0.05, 0) is 53.4 Å². The van der Waals surface area contributed by atoms with E-state index in [9.17, 15) is 14.5 Å². The van der Waals surface area contributed by atoms with E-state index in [-0.39, 0.29) is 39.2 Å². The minimum atomic E-state index is -1.44. The van der Waals surface area contributed by atoms with Crippen molar-refractivity contribution in [2.24, 2.45) is 5.92 Å². The summed E-state index contributed by atoms with van der Waals surface area (Å²) in [4.78, 5) is 14.7. The Morgan fingerprint density at radius 3 is 2.39 bits per heavy atom. The van der Waals surface area contributed by atoms with Gasteiger partial charge < -0.3 is 24.0 Å². The van der Waals surface area contributed by atoms with Crippen molar-refractivity contribution in [1.29, 1.82) is 0 Å². The highest BCUT2D eigenvalue weighted by molar-refractivity contribution is 7.90. The zero-order valence-electron chi connectivity index (χ0n) is 19.4. The number of nitrogens with one attached hydrogen (secondary N) is 1. The Kier molecular flexibility index (Phi) is 8.45. The number of aromatic hydroxyl groups is 1. The van der Waals surface area contributed by atoms with Crippen LogP contribution < -0.4 is 4.72 Å². The zero-order chi connectivity index (χ0) is 24.7. The van der Waals surface area contributed by atoms with Gasteiger partial charge >= 0.3 is 0 Å². The van der Waals surface area contributed by atoms with Crippen molar-refractivity contribution in [1.82, 2.24) is 9.62 Å². The van der Waals surface area contributed by atoms with Crippen LogP contribution in [0.1, 0.15) is 59.1 Å². The second kappa shape index (κ2) is 10.3. The molecule has 2 N–H and O–H groups in total. The van der Waals surface area contributed by atoms with E-state index in [1.807, 2.05) is 20.8 Å². The van der Waals surface area contributed by atoms with Crippen molar-refractivity contribution in [3.63, 3.8) is 0 Å². The first-order chi connectivity index (χ1) is 15.2. The van der Waals surface area contributed by atoms with Crippen LogP contribution in [0.4, 0.5) is 0 Å². The second-order valence-corrected chi connectivity index (χ2v) is 13.0. The number of piperidine rings is 1. The maximum Gasteiger partial charge on any atom is 0.254 e. The molecule has 11 heteroatoms. The van der Waals surface area contributed by atoms with Crippen molar-refractivity contribution in [2.45, 2.75) is 70.1 Å². The van der Waals surface area contributed by atoms with Crippen molar-refractivity contribution in [3.8, 4) is 5.75 Å². The number of carbonyl (C=O) groups is 1. The molecule has 2 aliphatic heterocycles. The predicted octanol–water partition coefficient (Wildman–Crippen LogP) is 4.84. The summed E-state index contributed by atoms with van der Waals surface area (Å²) in [5.41, 5.74) is 0.364. The van der Waals surface area contributed by atoms with Gasteiger partial charge in [0, 0.05) is 36.1 Å². The molecule has 2 saturated heterocycles. The van der Waals surface area contributed by atoms with Crippen LogP contribution in [-0.2, 0) is 25.6 Å². The number of hydrogen-bond donors (Lipinski definition) is 2. The van der Waals surface area contributed by atoms with Crippen LogP contribution in [0, 0.1) is 5.92 Å². The van der Waals surface area contributed by atoms with Crippen molar-refractivity contribution >= 4 is 52.1 Å². The number of ether oxygens (including phenoxy) is 2. The highest BCUT2D eigenvalue weighted by atomic mass is 35.5. The van der Waals surface area contributed by atoms with Crippen LogP contribution in [0.15, 0.2) is 6.07 Å². The summed E-state index contributed by atoms with van der Waals surface area (Å²) < 4.78 is 26.8. The molecule has 0 radical (unpaired) electrons. The molecule has 7 nitrogen and oxygen atoms in total. The van der Waals surface area contributed by atoms with E-state index in [0.717, 1.165) is 0 Å². The first-order valence-corrected chi connectivity index (χ1v) is 13.1. The fourth-order valence-corrected chi connectivity index (χ4v) is 5.65. The Balaban J connectivity index is 1.80. The topological polar surface area (TPSA) is 94.1 Å². The highest BCUT2D eigenvalue weighted by Crippen LogP contribution is 2.45. The molecule has 1 aromatic rings. The molecule has 3 atom stereocenters. The van der Waals surface area contributed by atoms with Crippen molar-refractivity contribution in [3.05, 3.63) is 26.7 Å². The standard InChI is InChI=1S/C22H31Cl3N2O5S/c1-21(2,3)33(30)26-19(16-14(28)10-13(23)17(24)18(16)25)12-6-8-27(9-7-12)20(29)15-11-31-22(4,5)32-15/h10,12,15,19,26,28H,6-9,11H2,1-5H3/t15-,19-,33?/m1/s1. The summed E-state index contributed by atoms with van der Waals surface area (Å²) in [7, 11) is 0. The predicted molar refractivity (Wildman–Crippen MR) is 131 cm³/mol. The normalized spacial score (nSPS) is 23.5. The zero-order valence-corrected chi connectivity index (χ0v) is 22.5. The highest BCUT2D eigenvalue weighted by Gasteiger charge is 2.42. The Morgan fingerprint density at radius 2 is 1.88 bits per heavy atom. The Bertz CT molecular complexity index is 888. The molecule has 0 spiro atoms. The first-order valence-electron chi connectivity index (χ1n) is 10.9. The molecule has 0 bridgehead atoms. The summed E-state index contributed by atoms with van der Waals surface area (Å²) in [6.07, 6.45) is 0.600. The Morgan fingerprint density at radius 1 is 1.27 bits per heavy atom. The quantitative estimate of drug-likeness (QED) is 0.409. The molecule has 3 rings (SSSR count). The average Bonchev–Trinajstić information content (AvgIpc) is 3.10.